The van der Waals surface area contributed by atoms with Gasteiger partial charge in [0.1, 0.15) is 0 Å². The van der Waals surface area contributed by atoms with Crippen molar-refractivity contribution < 1.29 is 4.79 Å². The maximum atomic E-state index is 12.3. The second-order valence-corrected chi connectivity index (χ2v) is 6.77. The minimum atomic E-state index is 0.00670. The average Bonchev–Trinajstić information content (AvgIpc) is 2.84. The summed E-state index contributed by atoms with van der Waals surface area (Å²) in [5, 5.41) is 4.12. The number of nitrogens with one attached hydrogen (secondary N) is 1. The first-order chi connectivity index (χ1) is 12.0. The molecule has 0 radical (unpaired) electrons. The van der Waals surface area contributed by atoms with Crippen LogP contribution in [-0.4, -0.2) is 17.0 Å². The lowest BCUT2D eigenvalue weighted by Gasteiger charge is -2.10. The summed E-state index contributed by atoms with van der Waals surface area (Å²) >= 11 is 0. The van der Waals surface area contributed by atoms with Crippen LogP contribution >= 0.6 is 0 Å². The summed E-state index contributed by atoms with van der Waals surface area (Å²) in [5.41, 5.74) is 6.98. The predicted octanol–water partition coefficient (Wildman–Crippen LogP) is 4.75. The van der Waals surface area contributed by atoms with Crippen LogP contribution in [0.1, 0.15) is 46.1 Å². The second kappa shape index (κ2) is 7.14. The van der Waals surface area contributed by atoms with E-state index in [4.69, 9.17) is 0 Å². The predicted molar refractivity (Wildman–Crippen MR) is 104 cm³/mol. The van der Waals surface area contributed by atoms with Crippen LogP contribution < -0.4 is 5.32 Å². The summed E-state index contributed by atoms with van der Waals surface area (Å²) in [4.78, 5) is 12.3. The number of nitrogens with zero attached hydrogens (tertiary/aromatic N) is 1. The molecule has 0 fully saturated rings. The van der Waals surface area contributed by atoms with E-state index in [1.54, 1.807) is 0 Å². The van der Waals surface area contributed by atoms with Crippen LogP contribution in [0.2, 0.25) is 0 Å². The van der Waals surface area contributed by atoms with Gasteiger partial charge in [0, 0.05) is 35.2 Å². The molecular formula is C22H26N2O. The van der Waals surface area contributed by atoms with E-state index >= 15 is 0 Å². The van der Waals surface area contributed by atoms with Crippen LogP contribution in [0.3, 0.4) is 0 Å². The van der Waals surface area contributed by atoms with E-state index in [1.165, 1.54) is 27.9 Å². The third kappa shape index (κ3) is 3.46. The molecule has 0 saturated carbocycles. The Morgan fingerprint density at radius 2 is 1.88 bits per heavy atom. The van der Waals surface area contributed by atoms with Crippen molar-refractivity contribution in [1.82, 2.24) is 9.88 Å². The first-order valence-corrected chi connectivity index (χ1v) is 8.94. The molecule has 1 N–H and O–H groups in total. The van der Waals surface area contributed by atoms with Gasteiger partial charge in [0.25, 0.3) is 5.91 Å². The van der Waals surface area contributed by atoms with Crippen molar-refractivity contribution in [3.05, 3.63) is 70.4 Å². The lowest BCUT2D eigenvalue weighted by Crippen LogP contribution is -2.23. The number of carbonyl (C=O) groups excluding carboxylic acids is 1. The molecule has 1 aromatic heterocycles. The van der Waals surface area contributed by atoms with Crippen molar-refractivity contribution >= 4 is 16.8 Å². The van der Waals surface area contributed by atoms with Gasteiger partial charge in [-0.3, -0.25) is 4.79 Å². The number of hydrogen-bond acceptors (Lipinski definition) is 1. The summed E-state index contributed by atoms with van der Waals surface area (Å²) in [6.45, 7) is 10.0. The zero-order chi connectivity index (χ0) is 18.0. The van der Waals surface area contributed by atoms with Crippen molar-refractivity contribution in [1.29, 1.82) is 0 Å². The maximum Gasteiger partial charge on any atom is 0.251 e. The zero-order valence-electron chi connectivity index (χ0n) is 15.5. The second-order valence-electron chi connectivity index (χ2n) is 6.77. The van der Waals surface area contributed by atoms with E-state index in [-0.39, 0.29) is 5.91 Å². The zero-order valence-corrected chi connectivity index (χ0v) is 15.5. The van der Waals surface area contributed by atoms with Crippen LogP contribution in [0.4, 0.5) is 0 Å². The average molecular weight is 334 g/mol. The molecule has 3 aromatic rings. The number of rotatable bonds is 5. The summed E-state index contributed by atoms with van der Waals surface area (Å²) < 4.78 is 2.34. The topological polar surface area (TPSA) is 34.0 Å². The number of amides is 1. The number of aryl methyl sites for hydroxylation is 2. The van der Waals surface area contributed by atoms with Gasteiger partial charge in [-0.05, 0) is 56.5 Å². The van der Waals surface area contributed by atoms with Gasteiger partial charge in [0.05, 0.1) is 0 Å². The third-order valence-electron chi connectivity index (χ3n) is 4.86. The number of hydrogen-bond donors (Lipinski definition) is 1. The Kier molecular flexibility index (Phi) is 4.93. The standard InChI is InChI=1S/C22H26N2O/c1-5-11-23-22(25)19-9-10-21-20(13-19)16(3)17(4)24(21)14-18-8-6-7-15(2)12-18/h6-10,12-13H,5,11,14H2,1-4H3,(H,23,25). The molecule has 3 rings (SSSR count). The molecule has 0 saturated heterocycles. The summed E-state index contributed by atoms with van der Waals surface area (Å²) in [6.07, 6.45) is 0.943. The van der Waals surface area contributed by atoms with Crippen LogP contribution in [0, 0.1) is 20.8 Å². The molecule has 3 nitrogen and oxygen atoms in total. The minimum absolute atomic E-state index is 0.00670. The summed E-state index contributed by atoms with van der Waals surface area (Å²) in [6, 6.07) is 14.7. The molecule has 3 heteroatoms. The fraction of sp³-hybridized carbons (Fsp3) is 0.318. The van der Waals surface area contributed by atoms with Crippen molar-refractivity contribution in [2.45, 2.75) is 40.7 Å². The smallest absolute Gasteiger partial charge is 0.251 e. The van der Waals surface area contributed by atoms with Gasteiger partial charge in [0.2, 0.25) is 0 Å². The van der Waals surface area contributed by atoms with Gasteiger partial charge >= 0.3 is 0 Å². The minimum Gasteiger partial charge on any atom is -0.352 e. The first-order valence-electron chi connectivity index (χ1n) is 8.94. The Morgan fingerprint density at radius 1 is 1.08 bits per heavy atom. The molecule has 0 aliphatic heterocycles. The van der Waals surface area contributed by atoms with Crippen LogP contribution in [-0.2, 0) is 6.54 Å². The maximum absolute atomic E-state index is 12.3. The molecule has 1 heterocycles. The van der Waals surface area contributed by atoms with Crippen molar-refractivity contribution in [3.63, 3.8) is 0 Å². The van der Waals surface area contributed by atoms with E-state index in [9.17, 15) is 4.79 Å². The SMILES string of the molecule is CCCNC(=O)c1ccc2c(c1)c(C)c(C)n2Cc1cccc(C)c1. The molecule has 0 aliphatic carbocycles. The van der Waals surface area contributed by atoms with E-state index < -0.39 is 0 Å². The fourth-order valence-electron chi connectivity index (χ4n) is 3.33. The Balaban J connectivity index is 2.00. The number of benzene rings is 2. The normalized spacial score (nSPS) is 11.0. The van der Waals surface area contributed by atoms with Gasteiger partial charge in [-0.1, -0.05) is 36.8 Å². The van der Waals surface area contributed by atoms with Crippen molar-refractivity contribution in [2.24, 2.45) is 0 Å². The lowest BCUT2D eigenvalue weighted by atomic mass is 10.1. The Morgan fingerprint density at radius 3 is 2.60 bits per heavy atom. The van der Waals surface area contributed by atoms with Gasteiger partial charge in [0.15, 0.2) is 0 Å². The number of aromatic nitrogens is 1. The van der Waals surface area contributed by atoms with E-state index in [0.717, 1.165) is 23.9 Å². The van der Waals surface area contributed by atoms with E-state index in [0.29, 0.717) is 6.54 Å². The first kappa shape index (κ1) is 17.3. The van der Waals surface area contributed by atoms with Crippen molar-refractivity contribution in [2.75, 3.05) is 6.54 Å². The molecule has 0 aliphatic rings. The highest BCUT2D eigenvalue weighted by Gasteiger charge is 2.14. The largest absolute Gasteiger partial charge is 0.352 e. The molecule has 130 valence electrons. The quantitative estimate of drug-likeness (QED) is 0.717. The highest BCUT2D eigenvalue weighted by Crippen LogP contribution is 2.27. The summed E-state index contributed by atoms with van der Waals surface area (Å²) in [5.74, 6) is 0.00670. The Hall–Kier alpha value is -2.55. The fourth-order valence-corrected chi connectivity index (χ4v) is 3.33. The molecule has 0 atom stereocenters. The third-order valence-corrected chi connectivity index (χ3v) is 4.86. The monoisotopic (exact) mass is 334 g/mol. The van der Waals surface area contributed by atoms with Crippen molar-refractivity contribution in [3.8, 4) is 0 Å². The Bertz CT molecular complexity index is 921. The molecule has 0 bridgehead atoms. The molecule has 25 heavy (non-hydrogen) atoms. The highest BCUT2D eigenvalue weighted by atomic mass is 16.1. The van der Waals surface area contributed by atoms with Crippen LogP contribution in [0.15, 0.2) is 42.5 Å². The number of fused-ring (bicyclic) bond motifs is 1. The van der Waals surface area contributed by atoms with Gasteiger partial charge in [-0.15, -0.1) is 0 Å². The van der Waals surface area contributed by atoms with Gasteiger partial charge in [-0.25, -0.2) is 0 Å². The van der Waals surface area contributed by atoms with Crippen LogP contribution in [0.25, 0.3) is 10.9 Å². The van der Waals surface area contributed by atoms with Crippen LogP contribution in [0.5, 0.6) is 0 Å². The molecule has 1 amide bonds. The van der Waals surface area contributed by atoms with Gasteiger partial charge in [-0.2, -0.15) is 0 Å². The molecule has 2 aromatic carbocycles. The highest BCUT2D eigenvalue weighted by molar-refractivity contribution is 5.99. The lowest BCUT2D eigenvalue weighted by molar-refractivity contribution is 0.0954. The number of carbonyl (C=O) groups is 1. The van der Waals surface area contributed by atoms with E-state index in [1.807, 2.05) is 12.1 Å². The van der Waals surface area contributed by atoms with E-state index in [2.05, 4.69) is 67.9 Å². The van der Waals surface area contributed by atoms with Gasteiger partial charge < -0.3 is 9.88 Å². The molecule has 0 unspecified atom stereocenters. The summed E-state index contributed by atoms with van der Waals surface area (Å²) in [7, 11) is 0. The molecule has 0 spiro atoms. The molecular weight excluding hydrogens is 308 g/mol. The Labute approximate surface area is 149 Å².